The lowest BCUT2D eigenvalue weighted by Crippen LogP contribution is -2.20. The minimum atomic E-state index is 0.459. The van der Waals surface area contributed by atoms with Gasteiger partial charge in [0.05, 0.1) is 0 Å². The Hall–Kier alpha value is -2.53. The summed E-state index contributed by atoms with van der Waals surface area (Å²) in [6.07, 6.45) is 2.98. The minimum absolute atomic E-state index is 0.459. The second-order valence-electron chi connectivity index (χ2n) is 6.85. The summed E-state index contributed by atoms with van der Waals surface area (Å²) in [5, 5.41) is 0. The third-order valence-electron chi connectivity index (χ3n) is 4.74. The van der Waals surface area contributed by atoms with Crippen LogP contribution in [0.5, 0.6) is 0 Å². The van der Waals surface area contributed by atoms with Crippen LogP contribution in [0.2, 0.25) is 0 Å². The van der Waals surface area contributed by atoms with Crippen molar-refractivity contribution in [2.24, 2.45) is 0 Å². The number of aromatic nitrogens is 4. The summed E-state index contributed by atoms with van der Waals surface area (Å²) < 4.78 is 0. The molecule has 5 nitrogen and oxygen atoms in total. The number of rotatable bonds is 4. The van der Waals surface area contributed by atoms with Gasteiger partial charge in [-0.2, -0.15) is 0 Å². The van der Waals surface area contributed by atoms with Crippen LogP contribution < -0.4 is 0 Å². The Labute approximate surface area is 148 Å². The molecule has 1 aliphatic rings. The maximum atomic E-state index is 4.71. The number of H-pyrrole nitrogens is 1. The lowest BCUT2D eigenvalue weighted by Gasteiger charge is -2.16. The average molecular weight is 333 g/mol. The quantitative estimate of drug-likeness (QED) is 0.794. The first-order chi connectivity index (χ1) is 12.2. The molecule has 2 aromatic heterocycles. The fourth-order valence-corrected chi connectivity index (χ4v) is 3.52. The summed E-state index contributed by atoms with van der Waals surface area (Å²) in [7, 11) is 0. The molecule has 128 valence electrons. The van der Waals surface area contributed by atoms with E-state index in [1.165, 1.54) is 5.56 Å². The van der Waals surface area contributed by atoms with Crippen LogP contribution in [0.4, 0.5) is 0 Å². The number of likely N-dealkylation sites (tertiary alicyclic amines) is 1. The standard InChI is InChI=1S/C20H23N5/c1-14-11-21-20(22-14)19-10-18(23-15(2)24-19)17-8-9-25(13-17)12-16-6-4-3-5-7-16/h3-7,10-11,17H,8-9,12-13H2,1-2H3,(H,21,22)/t17-/m0/s1. The molecule has 0 unspecified atom stereocenters. The van der Waals surface area contributed by atoms with E-state index in [9.17, 15) is 0 Å². The molecule has 1 aromatic carbocycles. The molecule has 1 saturated heterocycles. The number of benzene rings is 1. The summed E-state index contributed by atoms with van der Waals surface area (Å²) >= 11 is 0. The van der Waals surface area contributed by atoms with E-state index in [1.807, 2.05) is 20.0 Å². The fraction of sp³-hybridized carbons (Fsp3) is 0.350. The van der Waals surface area contributed by atoms with E-state index in [4.69, 9.17) is 4.98 Å². The van der Waals surface area contributed by atoms with Gasteiger partial charge in [0.25, 0.3) is 0 Å². The molecule has 4 rings (SSSR count). The van der Waals surface area contributed by atoms with Crippen molar-refractivity contribution in [2.75, 3.05) is 13.1 Å². The van der Waals surface area contributed by atoms with Crippen molar-refractivity contribution in [3.63, 3.8) is 0 Å². The van der Waals surface area contributed by atoms with Crippen molar-refractivity contribution in [1.82, 2.24) is 24.8 Å². The van der Waals surface area contributed by atoms with Crippen molar-refractivity contribution in [2.45, 2.75) is 32.7 Å². The predicted molar refractivity (Wildman–Crippen MR) is 98.2 cm³/mol. The SMILES string of the molecule is Cc1nc(-c2ncc(C)[nH]2)cc([C@H]2CCN(Cc3ccccc3)C2)n1. The van der Waals surface area contributed by atoms with E-state index in [0.29, 0.717) is 5.92 Å². The molecule has 25 heavy (non-hydrogen) atoms. The highest BCUT2D eigenvalue weighted by atomic mass is 15.1. The van der Waals surface area contributed by atoms with Crippen molar-refractivity contribution in [3.05, 3.63) is 65.4 Å². The molecule has 0 spiro atoms. The number of nitrogens with zero attached hydrogens (tertiary/aromatic N) is 4. The van der Waals surface area contributed by atoms with E-state index in [0.717, 1.165) is 54.8 Å². The van der Waals surface area contributed by atoms with Gasteiger partial charge in [0.2, 0.25) is 0 Å². The molecule has 1 aliphatic heterocycles. The first-order valence-electron chi connectivity index (χ1n) is 8.81. The second kappa shape index (κ2) is 6.76. The third-order valence-corrected chi connectivity index (χ3v) is 4.74. The maximum absolute atomic E-state index is 4.71. The summed E-state index contributed by atoms with van der Waals surface area (Å²) in [6, 6.07) is 12.8. The normalized spacial score (nSPS) is 17.9. The molecule has 0 bridgehead atoms. The van der Waals surface area contributed by atoms with Crippen LogP contribution in [0.3, 0.4) is 0 Å². The first kappa shape index (κ1) is 16.0. The van der Waals surface area contributed by atoms with E-state index < -0.39 is 0 Å². The highest BCUT2D eigenvalue weighted by Crippen LogP contribution is 2.28. The van der Waals surface area contributed by atoms with Crippen LogP contribution in [0, 0.1) is 13.8 Å². The molecule has 3 aromatic rings. The Morgan fingerprint density at radius 3 is 2.76 bits per heavy atom. The summed E-state index contributed by atoms with van der Waals surface area (Å²) in [4.78, 5) is 19.5. The van der Waals surface area contributed by atoms with Crippen molar-refractivity contribution >= 4 is 0 Å². The van der Waals surface area contributed by atoms with Crippen LogP contribution in [0.25, 0.3) is 11.5 Å². The zero-order valence-corrected chi connectivity index (χ0v) is 14.7. The number of aromatic amines is 1. The van der Waals surface area contributed by atoms with Crippen LogP contribution >= 0.6 is 0 Å². The highest BCUT2D eigenvalue weighted by molar-refractivity contribution is 5.50. The second-order valence-corrected chi connectivity index (χ2v) is 6.85. The first-order valence-corrected chi connectivity index (χ1v) is 8.81. The zero-order valence-electron chi connectivity index (χ0n) is 14.7. The van der Waals surface area contributed by atoms with Crippen LogP contribution in [0.15, 0.2) is 42.6 Å². The molecular formula is C20H23N5. The molecule has 1 fully saturated rings. The van der Waals surface area contributed by atoms with Gasteiger partial charge in [0, 0.05) is 36.6 Å². The van der Waals surface area contributed by atoms with Crippen molar-refractivity contribution < 1.29 is 0 Å². The lowest BCUT2D eigenvalue weighted by atomic mass is 10.0. The zero-order chi connectivity index (χ0) is 17.2. The van der Waals surface area contributed by atoms with Gasteiger partial charge in [0.1, 0.15) is 11.5 Å². The molecule has 5 heteroatoms. The molecule has 3 heterocycles. The Bertz CT molecular complexity index is 856. The predicted octanol–water partition coefficient (Wildman–Crippen LogP) is 3.47. The summed E-state index contributed by atoms with van der Waals surface area (Å²) in [5.41, 5.74) is 4.43. The van der Waals surface area contributed by atoms with Crippen LogP contribution in [0.1, 0.15) is 35.1 Å². The van der Waals surface area contributed by atoms with Gasteiger partial charge in [-0.05, 0) is 38.4 Å². The number of imidazole rings is 1. The largest absolute Gasteiger partial charge is 0.341 e. The van der Waals surface area contributed by atoms with E-state index in [2.05, 4.69) is 56.3 Å². The van der Waals surface area contributed by atoms with Crippen molar-refractivity contribution in [1.29, 1.82) is 0 Å². The number of nitrogens with one attached hydrogen (secondary N) is 1. The lowest BCUT2D eigenvalue weighted by molar-refractivity contribution is 0.326. The Morgan fingerprint density at radius 2 is 2.00 bits per heavy atom. The maximum Gasteiger partial charge on any atom is 0.156 e. The number of aryl methyl sites for hydroxylation is 2. The molecule has 1 N–H and O–H groups in total. The van der Waals surface area contributed by atoms with Crippen LogP contribution in [-0.2, 0) is 6.54 Å². The van der Waals surface area contributed by atoms with Gasteiger partial charge in [0.15, 0.2) is 5.82 Å². The van der Waals surface area contributed by atoms with Gasteiger partial charge in [-0.15, -0.1) is 0 Å². The summed E-state index contributed by atoms with van der Waals surface area (Å²) in [6.45, 7) is 7.12. The number of hydrogen-bond donors (Lipinski definition) is 1. The third kappa shape index (κ3) is 3.61. The van der Waals surface area contributed by atoms with Crippen LogP contribution in [-0.4, -0.2) is 37.9 Å². The molecule has 0 radical (unpaired) electrons. The monoisotopic (exact) mass is 333 g/mol. The van der Waals surface area contributed by atoms with E-state index in [-0.39, 0.29) is 0 Å². The Morgan fingerprint density at radius 1 is 1.16 bits per heavy atom. The molecule has 0 aliphatic carbocycles. The van der Waals surface area contributed by atoms with Crippen molar-refractivity contribution in [3.8, 4) is 11.5 Å². The van der Waals surface area contributed by atoms with E-state index >= 15 is 0 Å². The number of hydrogen-bond acceptors (Lipinski definition) is 4. The van der Waals surface area contributed by atoms with Gasteiger partial charge in [-0.1, -0.05) is 30.3 Å². The minimum Gasteiger partial charge on any atom is -0.341 e. The molecule has 0 amide bonds. The molecule has 0 saturated carbocycles. The smallest absolute Gasteiger partial charge is 0.156 e. The molecular weight excluding hydrogens is 310 g/mol. The van der Waals surface area contributed by atoms with Gasteiger partial charge in [-0.25, -0.2) is 15.0 Å². The fourth-order valence-electron chi connectivity index (χ4n) is 3.52. The topological polar surface area (TPSA) is 57.7 Å². The summed E-state index contributed by atoms with van der Waals surface area (Å²) in [5.74, 6) is 2.09. The highest BCUT2D eigenvalue weighted by Gasteiger charge is 2.26. The van der Waals surface area contributed by atoms with Gasteiger partial charge >= 0.3 is 0 Å². The van der Waals surface area contributed by atoms with Gasteiger partial charge in [-0.3, -0.25) is 4.90 Å². The Balaban J connectivity index is 1.51. The Kier molecular flexibility index (Phi) is 4.32. The van der Waals surface area contributed by atoms with Gasteiger partial charge < -0.3 is 4.98 Å². The average Bonchev–Trinajstić information content (AvgIpc) is 3.24. The van der Waals surface area contributed by atoms with E-state index in [1.54, 1.807) is 0 Å². The molecule has 1 atom stereocenters.